The number of rotatable bonds is 6. The number of aromatic amines is 1. The van der Waals surface area contributed by atoms with Gasteiger partial charge in [0.15, 0.2) is 5.65 Å². The van der Waals surface area contributed by atoms with E-state index < -0.39 is 36.0 Å². The molecule has 0 radical (unpaired) electrons. The van der Waals surface area contributed by atoms with Crippen LogP contribution in [0.15, 0.2) is 23.0 Å². The summed E-state index contributed by atoms with van der Waals surface area (Å²) in [5.41, 5.74) is -0.209. The van der Waals surface area contributed by atoms with Crippen LogP contribution in [0.1, 0.15) is 42.1 Å². The fraction of sp³-hybridized carbons (Fsp3) is 0.421. The standard InChI is InChI=1S/C19H20F3N5O2/c1-26(2)19-23-17-14(18(29)24-19)13(8-28)25-27(17)15(9-3-4-9)10-5-6-11(16(21)22)12(20)7-10/h5-7,9,15-16,28H,3-4,8H2,1-2H3,(H,23,24,29). The Bertz CT molecular complexity index is 1120. The van der Waals surface area contributed by atoms with Crippen molar-refractivity contribution in [1.82, 2.24) is 19.7 Å². The van der Waals surface area contributed by atoms with Gasteiger partial charge in [-0.15, -0.1) is 0 Å². The first kappa shape index (κ1) is 19.4. The van der Waals surface area contributed by atoms with Crippen molar-refractivity contribution in [3.63, 3.8) is 0 Å². The highest BCUT2D eigenvalue weighted by Crippen LogP contribution is 2.44. The maximum atomic E-state index is 14.3. The zero-order valence-electron chi connectivity index (χ0n) is 15.9. The lowest BCUT2D eigenvalue weighted by atomic mass is 10.0. The van der Waals surface area contributed by atoms with Crippen molar-refractivity contribution in [3.05, 3.63) is 51.2 Å². The largest absolute Gasteiger partial charge is 0.390 e. The van der Waals surface area contributed by atoms with Gasteiger partial charge in [-0.1, -0.05) is 12.1 Å². The summed E-state index contributed by atoms with van der Waals surface area (Å²) in [6.45, 7) is -0.467. The summed E-state index contributed by atoms with van der Waals surface area (Å²) in [5.74, 6) is -0.575. The molecule has 1 aliphatic rings. The van der Waals surface area contributed by atoms with E-state index in [0.29, 0.717) is 11.5 Å². The molecule has 1 aromatic carbocycles. The molecule has 10 heteroatoms. The second-order valence-electron chi connectivity index (χ2n) is 7.40. The highest BCUT2D eigenvalue weighted by Gasteiger charge is 2.37. The number of anilines is 1. The van der Waals surface area contributed by atoms with Crippen LogP contribution in [0, 0.1) is 11.7 Å². The fourth-order valence-electron chi connectivity index (χ4n) is 3.55. The van der Waals surface area contributed by atoms with Crippen LogP contribution in [-0.4, -0.2) is 39.0 Å². The van der Waals surface area contributed by atoms with Crippen LogP contribution >= 0.6 is 0 Å². The van der Waals surface area contributed by atoms with Crippen LogP contribution < -0.4 is 10.5 Å². The molecule has 1 fully saturated rings. The summed E-state index contributed by atoms with van der Waals surface area (Å²) in [5, 5.41) is 14.2. The van der Waals surface area contributed by atoms with Crippen molar-refractivity contribution in [2.45, 2.75) is 31.9 Å². The summed E-state index contributed by atoms with van der Waals surface area (Å²) < 4.78 is 41.6. The fourth-order valence-corrected chi connectivity index (χ4v) is 3.55. The highest BCUT2D eigenvalue weighted by atomic mass is 19.3. The van der Waals surface area contributed by atoms with E-state index in [1.54, 1.807) is 19.0 Å². The van der Waals surface area contributed by atoms with Crippen molar-refractivity contribution >= 4 is 17.0 Å². The number of benzene rings is 1. The van der Waals surface area contributed by atoms with E-state index in [1.807, 2.05) is 0 Å². The number of alkyl halides is 2. The van der Waals surface area contributed by atoms with Crippen molar-refractivity contribution in [2.75, 3.05) is 19.0 Å². The number of hydrogen-bond donors (Lipinski definition) is 2. The predicted molar refractivity (Wildman–Crippen MR) is 101 cm³/mol. The Kier molecular flexibility index (Phi) is 4.81. The summed E-state index contributed by atoms with van der Waals surface area (Å²) >= 11 is 0. The van der Waals surface area contributed by atoms with E-state index in [1.165, 1.54) is 10.7 Å². The van der Waals surface area contributed by atoms with Gasteiger partial charge in [0.2, 0.25) is 5.95 Å². The molecular weight excluding hydrogens is 387 g/mol. The van der Waals surface area contributed by atoms with Crippen LogP contribution in [-0.2, 0) is 6.61 Å². The van der Waals surface area contributed by atoms with Crippen molar-refractivity contribution < 1.29 is 18.3 Å². The lowest BCUT2D eigenvalue weighted by Gasteiger charge is -2.19. The van der Waals surface area contributed by atoms with E-state index in [0.717, 1.165) is 25.0 Å². The molecule has 1 atom stereocenters. The number of fused-ring (bicyclic) bond motifs is 1. The second-order valence-corrected chi connectivity index (χ2v) is 7.40. The summed E-state index contributed by atoms with van der Waals surface area (Å²) in [6, 6.07) is 3.15. The quantitative estimate of drug-likeness (QED) is 0.656. The molecule has 3 aromatic rings. The van der Waals surface area contributed by atoms with Gasteiger partial charge < -0.3 is 10.0 Å². The molecule has 0 amide bonds. The zero-order valence-corrected chi connectivity index (χ0v) is 15.9. The van der Waals surface area contributed by atoms with Crippen molar-refractivity contribution in [2.24, 2.45) is 5.92 Å². The number of aliphatic hydroxyl groups excluding tert-OH is 1. The molecule has 0 saturated heterocycles. The highest BCUT2D eigenvalue weighted by molar-refractivity contribution is 5.78. The monoisotopic (exact) mass is 407 g/mol. The van der Waals surface area contributed by atoms with E-state index in [2.05, 4.69) is 15.1 Å². The Morgan fingerprint density at radius 3 is 2.62 bits per heavy atom. The molecule has 7 nitrogen and oxygen atoms in total. The normalized spacial score (nSPS) is 15.3. The lowest BCUT2D eigenvalue weighted by molar-refractivity contribution is 0.146. The molecular formula is C19H20F3N5O2. The van der Waals surface area contributed by atoms with E-state index in [9.17, 15) is 23.1 Å². The van der Waals surface area contributed by atoms with Gasteiger partial charge in [0, 0.05) is 14.1 Å². The summed E-state index contributed by atoms with van der Waals surface area (Å²) in [4.78, 5) is 21.3. The molecule has 2 N–H and O–H groups in total. The summed E-state index contributed by atoms with van der Waals surface area (Å²) in [6.07, 6.45) is -1.21. The first-order chi connectivity index (χ1) is 13.8. The average molecular weight is 407 g/mol. The second kappa shape index (κ2) is 7.18. The van der Waals surface area contributed by atoms with Crippen molar-refractivity contribution in [1.29, 1.82) is 0 Å². The van der Waals surface area contributed by atoms with Gasteiger partial charge in [0.25, 0.3) is 12.0 Å². The topological polar surface area (TPSA) is 87.0 Å². The lowest BCUT2D eigenvalue weighted by Crippen LogP contribution is -2.21. The molecule has 0 aliphatic heterocycles. The molecule has 1 saturated carbocycles. The van der Waals surface area contributed by atoms with Crippen LogP contribution in [0.4, 0.5) is 19.1 Å². The number of nitrogens with zero attached hydrogens (tertiary/aromatic N) is 4. The Morgan fingerprint density at radius 2 is 2.07 bits per heavy atom. The zero-order chi connectivity index (χ0) is 20.9. The van der Waals surface area contributed by atoms with Gasteiger partial charge >= 0.3 is 0 Å². The third-order valence-electron chi connectivity index (χ3n) is 5.13. The number of halogens is 3. The molecule has 4 rings (SSSR count). The maximum Gasteiger partial charge on any atom is 0.266 e. The van der Waals surface area contributed by atoms with Crippen molar-refractivity contribution in [3.8, 4) is 0 Å². The maximum absolute atomic E-state index is 14.3. The molecule has 29 heavy (non-hydrogen) atoms. The average Bonchev–Trinajstić information content (AvgIpc) is 3.42. The molecule has 1 unspecified atom stereocenters. The molecule has 154 valence electrons. The van der Waals surface area contributed by atoms with Gasteiger partial charge in [-0.3, -0.25) is 9.78 Å². The number of nitrogens with one attached hydrogen (secondary N) is 1. The number of aliphatic hydroxyl groups is 1. The SMILES string of the molecule is CN(C)c1nc2c(c(CO)nn2C(c2ccc(C(F)F)c(F)c2)C2CC2)c(=O)[nH]1. The van der Waals surface area contributed by atoms with Gasteiger partial charge in [-0.25, -0.2) is 17.9 Å². The van der Waals surface area contributed by atoms with Crippen LogP contribution in [0.2, 0.25) is 0 Å². The third kappa shape index (κ3) is 3.37. The number of H-pyrrole nitrogens is 1. The minimum atomic E-state index is -2.90. The molecule has 0 bridgehead atoms. The first-order valence-corrected chi connectivity index (χ1v) is 9.19. The van der Waals surface area contributed by atoms with Gasteiger partial charge in [-0.05, 0) is 30.4 Å². The molecule has 2 aromatic heterocycles. The first-order valence-electron chi connectivity index (χ1n) is 9.19. The van der Waals surface area contributed by atoms with E-state index in [4.69, 9.17) is 0 Å². The van der Waals surface area contributed by atoms with E-state index >= 15 is 0 Å². The Labute approximate surface area is 163 Å². The smallest absolute Gasteiger partial charge is 0.266 e. The number of aromatic nitrogens is 4. The van der Waals surface area contributed by atoms with Gasteiger partial charge in [0.1, 0.15) is 16.9 Å². The molecule has 0 spiro atoms. The molecule has 1 aliphatic carbocycles. The minimum Gasteiger partial charge on any atom is -0.390 e. The van der Waals surface area contributed by atoms with Crippen LogP contribution in [0.5, 0.6) is 0 Å². The van der Waals surface area contributed by atoms with Gasteiger partial charge in [0.05, 0.1) is 18.2 Å². The van der Waals surface area contributed by atoms with E-state index in [-0.39, 0.29) is 22.6 Å². The minimum absolute atomic E-state index is 0.102. The molecule has 2 heterocycles. The van der Waals surface area contributed by atoms with Crippen LogP contribution in [0.25, 0.3) is 11.0 Å². The predicted octanol–water partition coefficient (Wildman–Crippen LogP) is 2.75. The van der Waals surface area contributed by atoms with Gasteiger partial charge in [-0.2, -0.15) is 10.1 Å². The summed E-state index contributed by atoms with van der Waals surface area (Å²) in [7, 11) is 3.43. The Hall–Kier alpha value is -2.88. The Morgan fingerprint density at radius 1 is 1.34 bits per heavy atom. The Balaban J connectivity index is 1.93. The number of hydrogen-bond acceptors (Lipinski definition) is 5. The third-order valence-corrected chi connectivity index (χ3v) is 5.13. The van der Waals surface area contributed by atoms with Crippen LogP contribution in [0.3, 0.4) is 0 Å².